The Morgan fingerprint density at radius 1 is 1.07 bits per heavy atom. The van der Waals surface area contributed by atoms with Gasteiger partial charge in [-0.3, -0.25) is 4.79 Å². The van der Waals surface area contributed by atoms with E-state index in [4.69, 9.17) is 0 Å². The lowest BCUT2D eigenvalue weighted by Crippen LogP contribution is -2.35. The normalized spacial score (nSPS) is 15.6. The van der Waals surface area contributed by atoms with Crippen molar-refractivity contribution < 1.29 is 13.2 Å². The Hall–Kier alpha value is -2.85. The third-order valence-corrected chi connectivity index (χ3v) is 6.70. The number of amides is 1. The van der Waals surface area contributed by atoms with E-state index in [1.54, 1.807) is 46.9 Å². The van der Waals surface area contributed by atoms with Crippen molar-refractivity contribution in [2.24, 2.45) is 0 Å². The Morgan fingerprint density at radius 2 is 1.82 bits per heavy atom. The predicted molar refractivity (Wildman–Crippen MR) is 101 cm³/mol. The second-order valence-corrected chi connectivity index (χ2v) is 8.63. The number of aromatic nitrogens is 4. The van der Waals surface area contributed by atoms with Crippen molar-refractivity contribution in [2.75, 3.05) is 13.1 Å². The minimum Gasteiger partial charge on any atom is -0.348 e. The van der Waals surface area contributed by atoms with Crippen LogP contribution in [0.3, 0.4) is 0 Å². The second kappa shape index (κ2) is 7.64. The molecule has 1 aromatic carbocycles. The number of tetrazole rings is 1. The topological polar surface area (TPSA) is 110 Å². The number of fused-ring (bicyclic) bond motifs is 1. The molecule has 1 aliphatic heterocycles. The Labute approximate surface area is 162 Å². The molecule has 0 spiro atoms. The van der Waals surface area contributed by atoms with E-state index in [0.29, 0.717) is 30.8 Å². The molecule has 0 radical (unpaired) electrons. The molecule has 0 atom stereocenters. The molecule has 9 nitrogen and oxygen atoms in total. The number of nitrogens with one attached hydrogen (secondary N) is 1. The SMILES string of the molecule is O=C(NCc1ccc(S(=O)(=O)N2CCCCC2)cc1)c1ccn2nnnc2c1. The molecular formula is C18H20N6O3S. The monoisotopic (exact) mass is 400 g/mol. The Morgan fingerprint density at radius 3 is 2.57 bits per heavy atom. The lowest BCUT2D eigenvalue weighted by Gasteiger charge is -2.25. The first-order chi connectivity index (χ1) is 13.5. The van der Waals surface area contributed by atoms with Gasteiger partial charge in [0.25, 0.3) is 5.91 Å². The molecule has 28 heavy (non-hydrogen) atoms. The minimum atomic E-state index is -3.44. The van der Waals surface area contributed by atoms with Crippen LogP contribution in [0, 0.1) is 0 Å². The fourth-order valence-electron chi connectivity index (χ4n) is 3.20. The molecule has 3 heterocycles. The van der Waals surface area contributed by atoms with Gasteiger partial charge in [-0.05, 0) is 53.1 Å². The van der Waals surface area contributed by atoms with Crippen molar-refractivity contribution in [3.8, 4) is 0 Å². The van der Waals surface area contributed by atoms with Gasteiger partial charge in [-0.1, -0.05) is 18.6 Å². The molecule has 1 N–H and O–H groups in total. The first-order valence-corrected chi connectivity index (χ1v) is 10.5. The van der Waals surface area contributed by atoms with Crippen LogP contribution in [0.1, 0.15) is 35.2 Å². The number of benzene rings is 1. The van der Waals surface area contributed by atoms with Gasteiger partial charge in [0.2, 0.25) is 10.0 Å². The van der Waals surface area contributed by atoms with Crippen LogP contribution in [0.25, 0.3) is 5.65 Å². The molecule has 1 amide bonds. The van der Waals surface area contributed by atoms with E-state index in [-0.39, 0.29) is 10.8 Å². The molecule has 0 aliphatic carbocycles. The largest absolute Gasteiger partial charge is 0.348 e. The maximum Gasteiger partial charge on any atom is 0.251 e. The van der Waals surface area contributed by atoms with Crippen molar-refractivity contribution in [3.05, 3.63) is 53.7 Å². The van der Waals surface area contributed by atoms with Gasteiger partial charge >= 0.3 is 0 Å². The van der Waals surface area contributed by atoms with Crippen molar-refractivity contribution >= 4 is 21.6 Å². The number of sulfonamides is 1. The van der Waals surface area contributed by atoms with Gasteiger partial charge < -0.3 is 5.32 Å². The van der Waals surface area contributed by atoms with E-state index in [9.17, 15) is 13.2 Å². The molecule has 4 rings (SSSR count). The molecular weight excluding hydrogens is 380 g/mol. The molecule has 10 heteroatoms. The summed E-state index contributed by atoms with van der Waals surface area (Å²) >= 11 is 0. The zero-order chi connectivity index (χ0) is 19.6. The third kappa shape index (κ3) is 3.73. The Kier molecular flexibility index (Phi) is 5.05. The molecule has 3 aromatic rings. The van der Waals surface area contributed by atoms with Crippen LogP contribution >= 0.6 is 0 Å². The van der Waals surface area contributed by atoms with Crippen LogP contribution in [-0.2, 0) is 16.6 Å². The van der Waals surface area contributed by atoms with Gasteiger partial charge in [0.1, 0.15) is 0 Å². The van der Waals surface area contributed by atoms with E-state index >= 15 is 0 Å². The fraction of sp³-hybridized carbons (Fsp3) is 0.333. The number of hydrogen-bond donors (Lipinski definition) is 1. The van der Waals surface area contributed by atoms with Crippen LogP contribution in [0.5, 0.6) is 0 Å². The van der Waals surface area contributed by atoms with E-state index < -0.39 is 10.0 Å². The molecule has 0 saturated carbocycles. The summed E-state index contributed by atoms with van der Waals surface area (Å²) in [4.78, 5) is 12.6. The first-order valence-electron chi connectivity index (χ1n) is 9.09. The summed E-state index contributed by atoms with van der Waals surface area (Å²) in [5.74, 6) is -0.254. The van der Waals surface area contributed by atoms with Crippen LogP contribution in [0.2, 0.25) is 0 Å². The highest BCUT2D eigenvalue weighted by molar-refractivity contribution is 7.89. The van der Waals surface area contributed by atoms with Crippen molar-refractivity contribution in [3.63, 3.8) is 0 Å². The smallest absolute Gasteiger partial charge is 0.251 e. The van der Waals surface area contributed by atoms with Gasteiger partial charge in [0.05, 0.1) is 4.90 Å². The Balaban J connectivity index is 1.40. The average molecular weight is 400 g/mol. The van der Waals surface area contributed by atoms with Gasteiger partial charge in [0, 0.05) is 31.4 Å². The number of carbonyl (C=O) groups excluding carboxylic acids is 1. The molecule has 1 saturated heterocycles. The Bertz CT molecular complexity index is 1090. The van der Waals surface area contributed by atoms with E-state index in [1.807, 2.05) is 0 Å². The number of carbonyl (C=O) groups is 1. The first kappa shape index (κ1) is 18.5. The zero-order valence-corrected chi connectivity index (χ0v) is 16.0. The van der Waals surface area contributed by atoms with E-state index in [0.717, 1.165) is 24.8 Å². The second-order valence-electron chi connectivity index (χ2n) is 6.69. The summed E-state index contributed by atoms with van der Waals surface area (Å²) in [6, 6.07) is 9.88. The maximum atomic E-state index is 12.7. The van der Waals surface area contributed by atoms with Crippen molar-refractivity contribution in [1.29, 1.82) is 0 Å². The number of piperidine rings is 1. The quantitative estimate of drug-likeness (QED) is 0.690. The predicted octanol–water partition coefficient (Wildman–Crippen LogP) is 1.23. The summed E-state index contributed by atoms with van der Waals surface area (Å²) in [7, 11) is -3.44. The van der Waals surface area contributed by atoms with Crippen molar-refractivity contribution in [2.45, 2.75) is 30.7 Å². The number of rotatable bonds is 5. The highest BCUT2D eigenvalue weighted by Crippen LogP contribution is 2.20. The maximum absolute atomic E-state index is 12.7. The van der Waals surface area contributed by atoms with Gasteiger partial charge in [-0.15, -0.1) is 5.10 Å². The van der Waals surface area contributed by atoms with Crippen LogP contribution in [0.4, 0.5) is 0 Å². The third-order valence-electron chi connectivity index (χ3n) is 4.79. The highest BCUT2D eigenvalue weighted by Gasteiger charge is 2.25. The number of pyridine rings is 1. The lowest BCUT2D eigenvalue weighted by molar-refractivity contribution is 0.0951. The van der Waals surface area contributed by atoms with E-state index in [1.165, 1.54) is 4.52 Å². The average Bonchev–Trinajstić information content (AvgIpc) is 3.21. The van der Waals surface area contributed by atoms with Gasteiger partial charge in [0.15, 0.2) is 5.65 Å². The molecule has 2 aromatic heterocycles. The summed E-state index contributed by atoms with van der Waals surface area (Å²) in [6.45, 7) is 1.44. The van der Waals surface area contributed by atoms with Crippen LogP contribution in [0.15, 0.2) is 47.5 Å². The van der Waals surface area contributed by atoms with Gasteiger partial charge in [-0.2, -0.15) is 4.31 Å². The molecule has 0 unspecified atom stereocenters. The summed E-state index contributed by atoms with van der Waals surface area (Å²) in [5, 5.41) is 13.9. The number of nitrogens with zero attached hydrogens (tertiary/aromatic N) is 5. The molecule has 146 valence electrons. The number of hydrogen-bond acceptors (Lipinski definition) is 6. The van der Waals surface area contributed by atoms with Crippen molar-refractivity contribution in [1.82, 2.24) is 29.7 Å². The zero-order valence-electron chi connectivity index (χ0n) is 15.2. The lowest BCUT2D eigenvalue weighted by atomic mass is 10.2. The van der Waals surface area contributed by atoms with E-state index in [2.05, 4.69) is 20.8 Å². The van der Waals surface area contributed by atoms with Crippen LogP contribution < -0.4 is 5.32 Å². The van der Waals surface area contributed by atoms with Crippen LogP contribution in [-0.4, -0.2) is 51.8 Å². The molecule has 1 aliphatic rings. The molecule has 1 fully saturated rings. The highest BCUT2D eigenvalue weighted by atomic mass is 32.2. The minimum absolute atomic E-state index is 0.254. The summed E-state index contributed by atoms with van der Waals surface area (Å²) in [5.41, 5.74) is 1.75. The standard InChI is InChI=1S/C18H20N6O3S/c25-18(15-8-11-24-17(12-15)20-21-22-24)19-13-14-4-6-16(7-5-14)28(26,27)23-9-2-1-3-10-23/h4-8,11-12H,1-3,9-10,13H2,(H,19,25). The summed E-state index contributed by atoms with van der Waals surface area (Å²) in [6.07, 6.45) is 4.50. The fourth-order valence-corrected chi connectivity index (χ4v) is 4.72. The van der Waals surface area contributed by atoms with Gasteiger partial charge in [-0.25, -0.2) is 12.9 Å². The summed E-state index contributed by atoms with van der Waals surface area (Å²) < 4.78 is 28.4. The molecule has 0 bridgehead atoms.